The van der Waals surface area contributed by atoms with Crippen LogP contribution in [0.1, 0.15) is 16.7 Å². The number of allylic oxidation sites excluding steroid dienone is 2. The second kappa shape index (κ2) is 9.80. The highest BCUT2D eigenvalue weighted by atomic mass is 15.1. The summed E-state index contributed by atoms with van der Waals surface area (Å²) in [5, 5.41) is 0. The maximum absolute atomic E-state index is 5.79. The Labute approximate surface area is 173 Å². The maximum atomic E-state index is 5.79. The fourth-order valence-electron chi connectivity index (χ4n) is 3.10. The smallest absolute Gasteiger partial charge is 0.231 e. The molecule has 2 aromatic heterocycles. The van der Waals surface area contributed by atoms with Gasteiger partial charge in [0, 0.05) is 38.1 Å². The quantitative estimate of drug-likeness (QED) is 0.492. The summed E-state index contributed by atoms with van der Waals surface area (Å²) in [5.74, 6) is 0. The van der Waals surface area contributed by atoms with Crippen LogP contribution in [0.15, 0.2) is 73.1 Å². The molecule has 29 heavy (non-hydrogen) atoms. The first-order valence-electron chi connectivity index (χ1n) is 9.85. The van der Waals surface area contributed by atoms with Crippen LogP contribution in [0.2, 0.25) is 0 Å². The Morgan fingerprint density at radius 2 is 1.69 bits per heavy atom. The molecular formula is C25H29N4+. The van der Waals surface area contributed by atoms with E-state index in [0.717, 1.165) is 23.5 Å². The highest BCUT2D eigenvalue weighted by Crippen LogP contribution is 2.17. The molecule has 0 aliphatic carbocycles. The van der Waals surface area contributed by atoms with Crippen molar-refractivity contribution in [3.8, 4) is 11.4 Å². The monoisotopic (exact) mass is 385 g/mol. The van der Waals surface area contributed by atoms with Crippen LogP contribution in [0.3, 0.4) is 0 Å². The number of hydrogen-bond acceptors (Lipinski definition) is 3. The fraction of sp³-hybridized carbons (Fsp3) is 0.200. The van der Waals surface area contributed by atoms with Gasteiger partial charge < -0.3 is 10.6 Å². The van der Waals surface area contributed by atoms with Gasteiger partial charge in [0.2, 0.25) is 5.69 Å². The Morgan fingerprint density at radius 3 is 2.34 bits per heavy atom. The summed E-state index contributed by atoms with van der Waals surface area (Å²) in [6.45, 7) is 3.43. The standard InChI is InChI=1S/C25H29N4/c1-20-12-15-27-24(18-20)25-19-22(13-16-29(25)17-14-26)7-5-4-6-21-8-10-23(11-9-21)28(2)3/h4-13,15-16,18-19H,14,17,26H2,1-3H3/q+1. The second-order valence-corrected chi connectivity index (χ2v) is 7.25. The number of benzene rings is 1. The Hall–Kier alpha value is -3.24. The van der Waals surface area contributed by atoms with Gasteiger partial charge in [-0.1, -0.05) is 36.4 Å². The molecule has 4 nitrogen and oxygen atoms in total. The molecule has 0 saturated carbocycles. The predicted molar refractivity (Wildman–Crippen MR) is 122 cm³/mol. The molecule has 0 aliphatic heterocycles. The predicted octanol–water partition coefficient (Wildman–Crippen LogP) is 4.10. The third kappa shape index (κ3) is 5.62. The van der Waals surface area contributed by atoms with E-state index in [-0.39, 0.29) is 0 Å². The number of nitrogens with zero attached hydrogens (tertiary/aromatic N) is 3. The number of aryl methyl sites for hydroxylation is 1. The molecule has 1 aromatic carbocycles. The third-order valence-electron chi connectivity index (χ3n) is 4.71. The lowest BCUT2D eigenvalue weighted by molar-refractivity contribution is -0.683. The molecule has 0 radical (unpaired) electrons. The van der Waals surface area contributed by atoms with Crippen molar-refractivity contribution >= 4 is 17.8 Å². The highest BCUT2D eigenvalue weighted by molar-refractivity contribution is 5.62. The molecule has 0 bridgehead atoms. The van der Waals surface area contributed by atoms with Gasteiger partial charge in [-0.25, -0.2) is 4.98 Å². The van der Waals surface area contributed by atoms with Crippen LogP contribution in [0.25, 0.3) is 23.5 Å². The van der Waals surface area contributed by atoms with E-state index in [4.69, 9.17) is 5.73 Å². The molecule has 2 heterocycles. The SMILES string of the molecule is Cc1ccnc(-c2cc(/C=C/C=C/c3ccc(N(C)C)cc3)cc[n+]2CCN)c1. The summed E-state index contributed by atoms with van der Waals surface area (Å²) in [4.78, 5) is 6.64. The van der Waals surface area contributed by atoms with Crippen molar-refractivity contribution in [2.75, 3.05) is 25.5 Å². The van der Waals surface area contributed by atoms with E-state index in [2.05, 4.69) is 94.3 Å². The molecule has 0 unspecified atom stereocenters. The minimum absolute atomic E-state index is 0.591. The van der Waals surface area contributed by atoms with E-state index in [9.17, 15) is 0 Å². The Morgan fingerprint density at radius 1 is 0.966 bits per heavy atom. The van der Waals surface area contributed by atoms with Crippen LogP contribution in [0.5, 0.6) is 0 Å². The second-order valence-electron chi connectivity index (χ2n) is 7.25. The average Bonchev–Trinajstić information content (AvgIpc) is 2.72. The summed E-state index contributed by atoms with van der Waals surface area (Å²) in [6, 6.07) is 16.9. The lowest BCUT2D eigenvalue weighted by atomic mass is 10.1. The molecule has 3 aromatic rings. The van der Waals surface area contributed by atoms with Gasteiger partial charge in [0.1, 0.15) is 5.69 Å². The minimum atomic E-state index is 0.591. The normalized spacial score (nSPS) is 11.4. The fourth-order valence-corrected chi connectivity index (χ4v) is 3.10. The molecule has 0 fully saturated rings. The van der Waals surface area contributed by atoms with Gasteiger partial charge >= 0.3 is 0 Å². The molecule has 148 valence electrons. The number of aromatic nitrogens is 2. The van der Waals surface area contributed by atoms with Gasteiger partial charge in [0.25, 0.3) is 0 Å². The Bertz CT molecular complexity index is 1000. The Kier molecular flexibility index (Phi) is 6.93. The molecule has 3 rings (SSSR count). The van der Waals surface area contributed by atoms with E-state index in [0.29, 0.717) is 6.54 Å². The van der Waals surface area contributed by atoms with Crippen LogP contribution in [0, 0.1) is 6.92 Å². The van der Waals surface area contributed by atoms with Crippen molar-refractivity contribution in [1.82, 2.24) is 4.98 Å². The molecule has 0 spiro atoms. The summed E-state index contributed by atoms with van der Waals surface area (Å²) < 4.78 is 2.15. The first kappa shape index (κ1) is 20.5. The largest absolute Gasteiger partial charge is 0.378 e. The zero-order valence-corrected chi connectivity index (χ0v) is 17.4. The average molecular weight is 386 g/mol. The zero-order valence-electron chi connectivity index (χ0n) is 17.4. The first-order chi connectivity index (χ1) is 14.1. The van der Waals surface area contributed by atoms with Crippen LogP contribution in [-0.4, -0.2) is 25.6 Å². The number of hydrogen-bond donors (Lipinski definition) is 1. The van der Waals surface area contributed by atoms with E-state index < -0.39 is 0 Å². The first-order valence-corrected chi connectivity index (χ1v) is 9.85. The van der Waals surface area contributed by atoms with E-state index >= 15 is 0 Å². The van der Waals surface area contributed by atoms with E-state index in [1.54, 1.807) is 0 Å². The minimum Gasteiger partial charge on any atom is -0.378 e. The van der Waals surface area contributed by atoms with Gasteiger partial charge in [-0.15, -0.1) is 0 Å². The number of rotatable bonds is 7. The lowest BCUT2D eigenvalue weighted by Gasteiger charge is -2.11. The summed E-state index contributed by atoms with van der Waals surface area (Å²) in [7, 11) is 4.09. The molecule has 2 N–H and O–H groups in total. The molecule has 0 amide bonds. The molecule has 0 atom stereocenters. The van der Waals surface area contributed by atoms with Gasteiger partial charge in [-0.3, -0.25) is 0 Å². The van der Waals surface area contributed by atoms with Crippen LogP contribution in [-0.2, 0) is 6.54 Å². The molecular weight excluding hydrogens is 356 g/mol. The van der Waals surface area contributed by atoms with E-state index in [1.165, 1.54) is 16.8 Å². The van der Waals surface area contributed by atoms with Crippen molar-refractivity contribution in [2.24, 2.45) is 5.73 Å². The Balaban J connectivity index is 1.79. The summed E-state index contributed by atoms with van der Waals surface area (Å²) in [5.41, 5.74) is 12.5. The van der Waals surface area contributed by atoms with Gasteiger partial charge in [0.05, 0.1) is 6.54 Å². The van der Waals surface area contributed by atoms with Crippen LogP contribution in [0.4, 0.5) is 5.69 Å². The summed E-state index contributed by atoms with van der Waals surface area (Å²) in [6.07, 6.45) is 12.3. The molecule has 0 aliphatic rings. The van der Waals surface area contributed by atoms with Crippen LogP contribution < -0.4 is 15.2 Å². The topological polar surface area (TPSA) is 46.0 Å². The zero-order chi connectivity index (χ0) is 20.6. The maximum Gasteiger partial charge on any atom is 0.231 e. The van der Waals surface area contributed by atoms with Crippen molar-refractivity contribution in [2.45, 2.75) is 13.5 Å². The van der Waals surface area contributed by atoms with Gasteiger partial charge in [-0.05, 0) is 47.9 Å². The lowest BCUT2D eigenvalue weighted by Crippen LogP contribution is -2.39. The van der Waals surface area contributed by atoms with Crippen molar-refractivity contribution in [3.05, 3.63) is 89.8 Å². The third-order valence-corrected chi connectivity index (χ3v) is 4.71. The highest BCUT2D eigenvalue weighted by Gasteiger charge is 2.14. The summed E-state index contributed by atoms with van der Waals surface area (Å²) >= 11 is 0. The number of pyridine rings is 2. The molecule has 0 saturated heterocycles. The van der Waals surface area contributed by atoms with Crippen molar-refractivity contribution in [1.29, 1.82) is 0 Å². The number of anilines is 1. The van der Waals surface area contributed by atoms with Gasteiger partial charge in [0.15, 0.2) is 12.7 Å². The number of nitrogens with two attached hydrogens (primary N) is 1. The van der Waals surface area contributed by atoms with E-state index in [1.807, 2.05) is 26.4 Å². The van der Waals surface area contributed by atoms with Crippen molar-refractivity contribution < 1.29 is 4.57 Å². The van der Waals surface area contributed by atoms with Crippen molar-refractivity contribution in [3.63, 3.8) is 0 Å². The van der Waals surface area contributed by atoms with Crippen LogP contribution >= 0.6 is 0 Å². The van der Waals surface area contributed by atoms with Gasteiger partial charge in [-0.2, -0.15) is 4.57 Å². The molecule has 4 heteroatoms.